The lowest BCUT2D eigenvalue weighted by Crippen LogP contribution is -2.29. The molecule has 1 N–H and O–H groups in total. The van der Waals surface area contributed by atoms with Gasteiger partial charge in [0, 0.05) is 16.8 Å². The fourth-order valence-electron chi connectivity index (χ4n) is 4.27. The summed E-state index contributed by atoms with van der Waals surface area (Å²) in [6.07, 6.45) is 0.0317. The highest BCUT2D eigenvalue weighted by Gasteiger charge is 2.21. The quantitative estimate of drug-likeness (QED) is 0.363. The third-order valence-corrected chi connectivity index (χ3v) is 6.94. The molecule has 2 aromatic carbocycles. The molecule has 0 saturated carbocycles. The zero-order valence-corrected chi connectivity index (χ0v) is 20.8. The lowest BCUT2D eigenvalue weighted by Gasteiger charge is -2.14. The van der Waals surface area contributed by atoms with Crippen molar-refractivity contribution in [3.8, 4) is 16.9 Å². The molecule has 0 saturated heterocycles. The van der Waals surface area contributed by atoms with Crippen LogP contribution in [0, 0.1) is 19.7 Å². The van der Waals surface area contributed by atoms with E-state index < -0.39 is 5.82 Å². The Hall–Kier alpha value is -4.11. The minimum atomic E-state index is -0.409. The molecule has 5 rings (SSSR count). The number of carbonyl (C=O) groups excluding carboxylic acids is 1. The Bertz CT molecular complexity index is 1640. The van der Waals surface area contributed by atoms with Gasteiger partial charge in [-0.2, -0.15) is 5.10 Å². The van der Waals surface area contributed by atoms with E-state index in [1.807, 2.05) is 37.3 Å². The van der Waals surface area contributed by atoms with E-state index in [1.54, 1.807) is 43.5 Å². The molecular weight excluding hydrogens is 477 g/mol. The number of thiazole rings is 1. The molecule has 0 aliphatic rings. The number of fused-ring (bicyclic) bond motifs is 1. The van der Waals surface area contributed by atoms with E-state index in [2.05, 4.69) is 15.4 Å². The van der Waals surface area contributed by atoms with Crippen molar-refractivity contribution in [2.75, 3.05) is 0 Å². The number of amides is 1. The second-order valence-corrected chi connectivity index (χ2v) is 9.47. The second kappa shape index (κ2) is 9.50. The van der Waals surface area contributed by atoms with Crippen molar-refractivity contribution >= 4 is 22.2 Å². The summed E-state index contributed by atoms with van der Waals surface area (Å²) in [5, 5.41) is 9.30. The number of nitrogens with zero attached hydrogens (tertiary/aromatic N) is 4. The fourth-order valence-corrected chi connectivity index (χ4v) is 5.20. The smallest absolute Gasteiger partial charge is 0.268 e. The molecule has 1 atom stereocenters. The maximum atomic E-state index is 14.4. The van der Waals surface area contributed by atoms with E-state index in [9.17, 15) is 14.0 Å². The van der Waals surface area contributed by atoms with Crippen LogP contribution in [0.5, 0.6) is 0 Å². The first-order chi connectivity index (χ1) is 17.3. The molecule has 0 radical (unpaired) electrons. The molecule has 36 heavy (non-hydrogen) atoms. The van der Waals surface area contributed by atoms with Gasteiger partial charge in [-0.05, 0) is 44.5 Å². The molecule has 5 aromatic rings. The second-order valence-electron chi connectivity index (χ2n) is 8.63. The Morgan fingerprint density at radius 3 is 2.58 bits per heavy atom. The molecule has 3 heterocycles. The van der Waals surface area contributed by atoms with Crippen molar-refractivity contribution in [3.05, 3.63) is 105 Å². The maximum absolute atomic E-state index is 14.4. The van der Waals surface area contributed by atoms with Gasteiger partial charge in [0.25, 0.3) is 5.56 Å². The van der Waals surface area contributed by atoms with Gasteiger partial charge in [0.05, 0.1) is 23.7 Å². The third kappa shape index (κ3) is 4.33. The molecule has 3 aromatic heterocycles. The Kier molecular flexibility index (Phi) is 6.24. The van der Waals surface area contributed by atoms with E-state index in [1.165, 1.54) is 26.5 Å². The largest absolute Gasteiger partial charge is 0.349 e. The Labute approximate surface area is 210 Å². The number of benzene rings is 2. The van der Waals surface area contributed by atoms with Gasteiger partial charge in [-0.1, -0.05) is 42.5 Å². The van der Waals surface area contributed by atoms with E-state index in [-0.39, 0.29) is 23.9 Å². The lowest BCUT2D eigenvalue weighted by molar-refractivity contribution is -0.121. The van der Waals surface area contributed by atoms with Crippen molar-refractivity contribution in [2.45, 2.75) is 33.2 Å². The zero-order chi connectivity index (χ0) is 25.4. The standard InChI is InChI=1S/C27H24FN5O2S/c1-16-13-22(31-33(16)23-12-8-7-11-21(23)28)25-18(3)30-27-32(26(25)35)20(15-36-27)14-24(34)29-17(2)19-9-5-4-6-10-19/h4-13,15,17H,14H2,1-3H3,(H,29,34). The summed E-state index contributed by atoms with van der Waals surface area (Å²) < 4.78 is 17.3. The first kappa shape index (κ1) is 23.6. The van der Waals surface area contributed by atoms with Crippen molar-refractivity contribution in [1.29, 1.82) is 0 Å². The van der Waals surface area contributed by atoms with E-state index in [4.69, 9.17) is 0 Å². The predicted molar refractivity (Wildman–Crippen MR) is 138 cm³/mol. The Morgan fingerprint density at radius 1 is 1.11 bits per heavy atom. The molecule has 0 spiro atoms. The first-order valence-electron chi connectivity index (χ1n) is 11.5. The van der Waals surface area contributed by atoms with E-state index in [0.29, 0.717) is 39.0 Å². The molecule has 1 unspecified atom stereocenters. The van der Waals surface area contributed by atoms with Gasteiger partial charge in [0.15, 0.2) is 4.96 Å². The average Bonchev–Trinajstić information content (AvgIpc) is 3.43. The van der Waals surface area contributed by atoms with Crippen molar-refractivity contribution in [2.24, 2.45) is 0 Å². The fraction of sp³-hybridized carbons (Fsp3) is 0.185. The minimum absolute atomic E-state index is 0.0317. The summed E-state index contributed by atoms with van der Waals surface area (Å²) in [5.74, 6) is -0.604. The van der Waals surface area contributed by atoms with Gasteiger partial charge in [-0.15, -0.1) is 11.3 Å². The molecule has 0 aliphatic carbocycles. The SMILES string of the molecule is Cc1nc2scc(CC(=O)NC(C)c3ccccc3)n2c(=O)c1-c1cc(C)n(-c2ccccc2F)n1. The maximum Gasteiger partial charge on any atom is 0.268 e. The monoisotopic (exact) mass is 501 g/mol. The van der Waals surface area contributed by atoms with Crippen molar-refractivity contribution in [1.82, 2.24) is 24.5 Å². The van der Waals surface area contributed by atoms with Gasteiger partial charge < -0.3 is 5.32 Å². The van der Waals surface area contributed by atoms with Crippen molar-refractivity contribution < 1.29 is 9.18 Å². The van der Waals surface area contributed by atoms with Crippen LogP contribution >= 0.6 is 11.3 Å². The van der Waals surface area contributed by atoms with Gasteiger partial charge in [-0.3, -0.25) is 14.0 Å². The molecule has 9 heteroatoms. The van der Waals surface area contributed by atoms with Crippen LogP contribution in [0.25, 0.3) is 21.9 Å². The molecule has 182 valence electrons. The number of nitrogens with one attached hydrogen (secondary N) is 1. The highest BCUT2D eigenvalue weighted by Crippen LogP contribution is 2.24. The highest BCUT2D eigenvalue weighted by atomic mass is 32.1. The van der Waals surface area contributed by atoms with E-state index in [0.717, 1.165) is 5.56 Å². The summed E-state index contributed by atoms with van der Waals surface area (Å²) in [5.41, 5.74) is 3.47. The molecule has 0 fully saturated rings. The number of hydrogen-bond donors (Lipinski definition) is 1. The van der Waals surface area contributed by atoms with Crippen LogP contribution in [-0.4, -0.2) is 25.1 Å². The number of rotatable bonds is 6. The van der Waals surface area contributed by atoms with Crippen LogP contribution in [0.15, 0.2) is 70.8 Å². The number of hydrogen-bond acceptors (Lipinski definition) is 5. The van der Waals surface area contributed by atoms with Crippen LogP contribution in [0.4, 0.5) is 4.39 Å². The van der Waals surface area contributed by atoms with Crippen LogP contribution < -0.4 is 10.9 Å². The first-order valence-corrected chi connectivity index (χ1v) is 12.4. The normalized spacial score (nSPS) is 12.1. The Balaban J connectivity index is 1.49. The summed E-state index contributed by atoms with van der Waals surface area (Å²) in [4.78, 5) is 31.6. The Morgan fingerprint density at radius 2 is 1.83 bits per heavy atom. The molecule has 1 amide bonds. The molecule has 0 aliphatic heterocycles. The predicted octanol–water partition coefficient (Wildman–Crippen LogP) is 4.78. The van der Waals surface area contributed by atoms with Crippen molar-refractivity contribution in [3.63, 3.8) is 0 Å². The van der Waals surface area contributed by atoms with Gasteiger partial charge in [-0.25, -0.2) is 14.1 Å². The molecular formula is C27H24FN5O2S. The summed E-state index contributed by atoms with van der Waals surface area (Å²) in [7, 11) is 0. The molecule has 7 nitrogen and oxygen atoms in total. The number of halogens is 1. The van der Waals surface area contributed by atoms with E-state index >= 15 is 0 Å². The highest BCUT2D eigenvalue weighted by molar-refractivity contribution is 7.15. The lowest BCUT2D eigenvalue weighted by atomic mass is 10.1. The topological polar surface area (TPSA) is 81.3 Å². The number of aromatic nitrogens is 4. The number of aryl methyl sites for hydroxylation is 2. The van der Waals surface area contributed by atoms with Crippen LogP contribution in [0.3, 0.4) is 0 Å². The molecule has 0 bridgehead atoms. The third-order valence-electron chi connectivity index (χ3n) is 6.06. The summed E-state index contributed by atoms with van der Waals surface area (Å²) >= 11 is 1.31. The summed E-state index contributed by atoms with van der Waals surface area (Å²) in [6.45, 7) is 5.47. The zero-order valence-electron chi connectivity index (χ0n) is 20.0. The number of para-hydroxylation sites is 1. The van der Waals surface area contributed by atoms with Crippen LogP contribution in [-0.2, 0) is 11.2 Å². The minimum Gasteiger partial charge on any atom is -0.349 e. The van der Waals surface area contributed by atoms with Gasteiger partial charge in [0.1, 0.15) is 17.2 Å². The van der Waals surface area contributed by atoms with Crippen LogP contribution in [0.1, 0.15) is 35.6 Å². The summed E-state index contributed by atoms with van der Waals surface area (Å²) in [6, 6.07) is 17.6. The average molecular weight is 502 g/mol. The van der Waals surface area contributed by atoms with Crippen LogP contribution in [0.2, 0.25) is 0 Å². The van der Waals surface area contributed by atoms with Gasteiger partial charge >= 0.3 is 0 Å². The number of carbonyl (C=O) groups is 1. The van der Waals surface area contributed by atoms with Gasteiger partial charge in [0.2, 0.25) is 5.91 Å².